The fourth-order valence-electron chi connectivity index (χ4n) is 2.03. The fourth-order valence-corrected chi connectivity index (χ4v) is 3.39. The van der Waals surface area contributed by atoms with Crippen molar-refractivity contribution in [2.24, 2.45) is 0 Å². The summed E-state index contributed by atoms with van der Waals surface area (Å²) in [7, 11) is -2.16. The van der Waals surface area contributed by atoms with E-state index in [1.54, 1.807) is 18.2 Å². The Morgan fingerprint density at radius 3 is 2.48 bits per heavy atom. The lowest BCUT2D eigenvalue weighted by Gasteiger charge is -2.19. The van der Waals surface area contributed by atoms with Crippen molar-refractivity contribution in [2.45, 2.75) is 4.90 Å². The van der Waals surface area contributed by atoms with Crippen molar-refractivity contribution < 1.29 is 8.42 Å². The average molecular weight is 347 g/mol. The van der Waals surface area contributed by atoms with Crippen LogP contribution in [0.15, 0.2) is 60.0 Å². The first-order chi connectivity index (χ1) is 10.8. The highest BCUT2D eigenvalue weighted by molar-refractivity contribution is 7.89. The number of nitrogens with zero attached hydrogens (tertiary/aromatic N) is 2. The Labute approximate surface area is 141 Å². The number of halogens is 1. The smallest absolute Gasteiger partial charge is 0.207 e. The third kappa shape index (κ3) is 3.99. The van der Waals surface area contributed by atoms with E-state index in [1.165, 1.54) is 35.6 Å². The van der Waals surface area contributed by atoms with Gasteiger partial charge in [-0.3, -0.25) is 0 Å². The van der Waals surface area contributed by atoms with Crippen molar-refractivity contribution in [3.8, 4) is 6.07 Å². The van der Waals surface area contributed by atoms with Crippen LogP contribution < -0.4 is 0 Å². The Bertz CT molecular complexity index is 868. The molecule has 4 nitrogen and oxygen atoms in total. The van der Waals surface area contributed by atoms with Crippen LogP contribution in [0.2, 0.25) is 5.02 Å². The van der Waals surface area contributed by atoms with Crippen LogP contribution in [0, 0.1) is 11.3 Å². The average Bonchev–Trinajstić information content (AvgIpc) is 2.54. The Hall–Kier alpha value is -2.13. The normalized spacial score (nSPS) is 11.2. The molecule has 0 spiro atoms. The van der Waals surface area contributed by atoms with Crippen molar-refractivity contribution >= 4 is 27.2 Å². The number of rotatable bonds is 5. The van der Waals surface area contributed by atoms with Gasteiger partial charge in [0.05, 0.1) is 16.5 Å². The van der Waals surface area contributed by atoms with Crippen LogP contribution in [0.3, 0.4) is 0 Å². The van der Waals surface area contributed by atoms with Crippen LogP contribution in [0.25, 0.3) is 5.57 Å². The van der Waals surface area contributed by atoms with Crippen molar-refractivity contribution in [3.63, 3.8) is 0 Å². The summed E-state index contributed by atoms with van der Waals surface area (Å²) < 4.78 is 26.3. The van der Waals surface area contributed by atoms with Gasteiger partial charge in [-0.15, -0.1) is 0 Å². The lowest BCUT2D eigenvalue weighted by atomic mass is 10.1. The molecule has 0 aromatic heterocycles. The molecule has 0 atom stereocenters. The van der Waals surface area contributed by atoms with Gasteiger partial charge in [0.2, 0.25) is 10.0 Å². The molecule has 0 saturated carbocycles. The zero-order valence-electron chi connectivity index (χ0n) is 12.5. The largest absolute Gasteiger partial charge is 0.243 e. The summed E-state index contributed by atoms with van der Waals surface area (Å²) in [5, 5.41) is 9.35. The molecule has 6 heteroatoms. The Balaban J connectivity index is 2.19. The van der Waals surface area contributed by atoms with E-state index in [4.69, 9.17) is 16.9 Å². The monoisotopic (exact) mass is 346 g/mol. The third-order valence-electron chi connectivity index (χ3n) is 3.34. The third-order valence-corrected chi connectivity index (χ3v) is 5.39. The van der Waals surface area contributed by atoms with Crippen LogP contribution >= 0.6 is 11.6 Å². The number of likely N-dealkylation sites (N-methyl/N-ethyl adjacent to an activating group) is 1. The highest BCUT2D eigenvalue weighted by Gasteiger charge is 2.21. The van der Waals surface area contributed by atoms with Crippen molar-refractivity contribution in [2.75, 3.05) is 13.6 Å². The van der Waals surface area contributed by atoms with E-state index in [0.717, 1.165) is 5.56 Å². The predicted octanol–water partition coefficient (Wildman–Crippen LogP) is 3.55. The molecule has 0 fully saturated rings. The second kappa shape index (κ2) is 6.97. The van der Waals surface area contributed by atoms with Crippen molar-refractivity contribution in [3.05, 3.63) is 71.3 Å². The maximum absolute atomic E-state index is 12.5. The molecule has 0 N–H and O–H groups in total. The summed E-state index contributed by atoms with van der Waals surface area (Å²) in [5.41, 5.74) is 1.85. The number of benzene rings is 2. The van der Waals surface area contributed by atoms with E-state index >= 15 is 0 Å². The summed E-state index contributed by atoms with van der Waals surface area (Å²) >= 11 is 5.94. The predicted molar refractivity (Wildman–Crippen MR) is 91.5 cm³/mol. The lowest BCUT2D eigenvalue weighted by molar-refractivity contribution is 0.502. The molecule has 0 saturated heterocycles. The molecular formula is C17H15ClN2O2S. The minimum Gasteiger partial charge on any atom is -0.207 e. The lowest BCUT2D eigenvalue weighted by Crippen LogP contribution is -2.28. The minimum atomic E-state index is -3.65. The van der Waals surface area contributed by atoms with Gasteiger partial charge in [-0.2, -0.15) is 9.57 Å². The molecule has 0 amide bonds. The van der Waals surface area contributed by atoms with Crippen LogP contribution in [-0.2, 0) is 10.0 Å². The quantitative estimate of drug-likeness (QED) is 0.831. The first-order valence-corrected chi connectivity index (χ1v) is 8.56. The molecule has 0 unspecified atom stereocenters. The van der Waals surface area contributed by atoms with E-state index in [2.05, 4.69) is 6.58 Å². The van der Waals surface area contributed by atoms with Gasteiger partial charge in [-0.1, -0.05) is 30.3 Å². The summed E-state index contributed by atoms with van der Waals surface area (Å²) in [5.74, 6) is 0. The van der Waals surface area contributed by atoms with Gasteiger partial charge in [0.1, 0.15) is 0 Å². The van der Waals surface area contributed by atoms with Gasteiger partial charge >= 0.3 is 0 Å². The van der Waals surface area contributed by atoms with Gasteiger partial charge < -0.3 is 0 Å². The SMILES string of the molecule is C=C(CN(C)S(=O)(=O)c1ccc(C#N)cc1)c1cccc(Cl)c1. The zero-order valence-corrected chi connectivity index (χ0v) is 14.1. The number of hydrogen-bond donors (Lipinski definition) is 0. The maximum atomic E-state index is 12.5. The van der Waals surface area contributed by atoms with Gasteiger partial charge in [0.15, 0.2) is 0 Å². The summed E-state index contributed by atoms with van der Waals surface area (Å²) in [4.78, 5) is 0.137. The Kier molecular flexibility index (Phi) is 5.22. The Morgan fingerprint density at radius 2 is 1.91 bits per heavy atom. The van der Waals surface area contributed by atoms with Gasteiger partial charge in [0, 0.05) is 18.6 Å². The molecule has 2 aromatic carbocycles. The zero-order chi connectivity index (χ0) is 17.0. The highest BCUT2D eigenvalue weighted by Crippen LogP contribution is 2.21. The van der Waals surface area contributed by atoms with Gasteiger partial charge in [-0.25, -0.2) is 8.42 Å². The van der Waals surface area contributed by atoms with Crippen LogP contribution in [0.4, 0.5) is 0 Å². The molecule has 0 bridgehead atoms. The highest BCUT2D eigenvalue weighted by atomic mass is 35.5. The summed E-state index contributed by atoms with van der Waals surface area (Å²) in [6, 6.07) is 14.9. The minimum absolute atomic E-state index is 0.137. The molecule has 0 aliphatic rings. The topological polar surface area (TPSA) is 61.2 Å². The van der Waals surface area contributed by atoms with Gasteiger partial charge in [0.25, 0.3) is 0 Å². The molecular weight excluding hydrogens is 332 g/mol. The molecule has 118 valence electrons. The second-order valence-corrected chi connectivity index (χ2v) is 7.49. The first kappa shape index (κ1) is 17.2. The molecule has 0 aliphatic heterocycles. The maximum Gasteiger partial charge on any atom is 0.243 e. The molecule has 23 heavy (non-hydrogen) atoms. The van der Waals surface area contributed by atoms with Crippen LogP contribution in [-0.4, -0.2) is 26.3 Å². The van der Waals surface area contributed by atoms with E-state index in [-0.39, 0.29) is 11.4 Å². The van der Waals surface area contributed by atoms with E-state index in [0.29, 0.717) is 16.2 Å². The second-order valence-electron chi connectivity index (χ2n) is 5.01. The van der Waals surface area contributed by atoms with E-state index in [9.17, 15) is 8.42 Å². The van der Waals surface area contributed by atoms with Crippen LogP contribution in [0.5, 0.6) is 0 Å². The van der Waals surface area contributed by atoms with Gasteiger partial charge in [-0.05, 0) is 47.5 Å². The molecule has 2 rings (SSSR count). The first-order valence-electron chi connectivity index (χ1n) is 6.75. The fraction of sp³-hybridized carbons (Fsp3) is 0.118. The molecule has 0 aliphatic carbocycles. The molecule has 2 aromatic rings. The van der Waals surface area contributed by atoms with Crippen molar-refractivity contribution in [1.82, 2.24) is 4.31 Å². The number of nitriles is 1. The summed E-state index contributed by atoms with van der Waals surface area (Å²) in [6.07, 6.45) is 0. The van der Waals surface area contributed by atoms with Crippen molar-refractivity contribution in [1.29, 1.82) is 5.26 Å². The Morgan fingerprint density at radius 1 is 1.26 bits per heavy atom. The van der Waals surface area contributed by atoms with E-state index < -0.39 is 10.0 Å². The van der Waals surface area contributed by atoms with E-state index in [1.807, 2.05) is 12.1 Å². The summed E-state index contributed by atoms with van der Waals surface area (Å²) in [6.45, 7) is 4.07. The standard InChI is InChI=1S/C17H15ClN2O2S/c1-13(15-4-3-5-16(18)10-15)12-20(2)23(21,22)17-8-6-14(11-19)7-9-17/h3-10H,1,12H2,2H3. The molecule has 0 heterocycles. The van der Waals surface area contributed by atoms with Crippen LogP contribution in [0.1, 0.15) is 11.1 Å². The number of sulfonamides is 1. The number of hydrogen-bond acceptors (Lipinski definition) is 3. The molecule has 0 radical (unpaired) electrons.